The molecule has 0 amide bonds. The standard InChI is InChI=1S/C12H12F2N2OS/c1-16-9(6-17)5-15-12(16)18-7-8-2-3-10(13)11(14)4-8/h2-5,17H,6-7H2,1H3. The number of thioether (sulfide) groups is 1. The van der Waals surface area contributed by atoms with Gasteiger partial charge in [0.2, 0.25) is 0 Å². The van der Waals surface area contributed by atoms with Gasteiger partial charge in [0.25, 0.3) is 0 Å². The molecule has 3 nitrogen and oxygen atoms in total. The zero-order valence-corrected chi connectivity index (χ0v) is 10.5. The number of aliphatic hydroxyl groups is 1. The van der Waals surface area contributed by atoms with Crippen molar-refractivity contribution in [1.29, 1.82) is 0 Å². The second-order valence-electron chi connectivity index (χ2n) is 3.79. The van der Waals surface area contributed by atoms with Crippen molar-refractivity contribution in [2.45, 2.75) is 17.5 Å². The molecule has 0 spiro atoms. The Morgan fingerprint density at radius 2 is 2.11 bits per heavy atom. The fraction of sp³-hybridized carbons (Fsp3) is 0.250. The number of hydrogen-bond acceptors (Lipinski definition) is 3. The molecule has 0 aliphatic carbocycles. The molecule has 0 atom stereocenters. The summed E-state index contributed by atoms with van der Waals surface area (Å²) >= 11 is 1.40. The third-order valence-corrected chi connectivity index (χ3v) is 3.67. The topological polar surface area (TPSA) is 38.0 Å². The van der Waals surface area contributed by atoms with Crippen molar-refractivity contribution in [1.82, 2.24) is 9.55 Å². The van der Waals surface area contributed by atoms with Crippen LogP contribution in [0.15, 0.2) is 29.6 Å². The molecule has 1 heterocycles. The Morgan fingerprint density at radius 1 is 1.33 bits per heavy atom. The summed E-state index contributed by atoms with van der Waals surface area (Å²) in [6, 6.07) is 3.84. The van der Waals surface area contributed by atoms with Crippen LogP contribution in [0.3, 0.4) is 0 Å². The first-order valence-corrected chi connectivity index (χ1v) is 6.28. The van der Waals surface area contributed by atoms with Crippen molar-refractivity contribution < 1.29 is 13.9 Å². The molecule has 0 unspecified atom stereocenters. The van der Waals surface area contributed by atoms with Crippen LogP contribution in [0.25, 0.3) is 0 Å². The van der Waals surface area contributed by atoms with Crippen LogP contribution >= 0.6 is 11.8 Å². The molecule has 0 radical (unpaired) electrons. The maximum absolute atomic E-state index is 13.0. The number of benzene rings is 1. The van der Waals surface area contributed by atoms with E-state index in [1.807, 2.05) is 0 Å². The molecule has 1 N–H and O–H groups in total. The minimum absolute atomic E-state index is 0.0742. The molecule has 0 fully saturated rings. The highest BCUT2D eigenvalue weighted by atomic mass is 32.2. The molecular formula is C12H12F2N2OS. The van der Waals surface area contributed by atoms with Gasteiger partial charge in [0, 0.05) is 12.8 Å². The van der Waals surface area contributed by atoms with E-state index in [9.17, 15) is 8.78 Å². The van der Waals surface area contributed by atoms with Crippen LogP contribution in [-0.4, -0.2) is 14.7 Å². The summed E-state index contributed by atoms with van der Waals surface area (Å²) in [5.74, 6) is -1.19. The van der Waals surface area contributed by atoms with E-state index in [1.54, 1.807) is 23.9 Å². The average Bonchev–Trinajstić information content (AvgIpc) is 2.72. The summed E-state index contributed by atoms with van der Waals surface area (Å²) < 4.78 is 27.5. The molecule has 1 aromatic heterocycles. The second-order valence-corrected chi connectivity index (χ2v) is 4.73. The van der Waals surface area contributed by atoms with Crippen molar-refractivity contribution in [2.24, 2.45) is 7.05 Å². The molecule has 0 aliphatic heterocycles. The van der Waals surface area contributed by atoms with Crippen molar-refractivity contribution in [3.63, 3.8) is 0 Å². The van der Waals surface area contributed by atoms with Gasteiger partial charge in [-0.3, -0.25) is 0 Å². The molecular weight excluding hydrogens is 258 g/mol. The van der Waals surface area contributed by atoms with Crippen LogP contribution in [0.2, 0.25) is 0 Å². The SMILES string of the molecule is Cn1c(CO)cnc1SCc1ccc(F)c(F)c1. The van der Waals surface area contributed by atoms with Gasteiger partial charge in [0.05, 0.1) is 18.5 Å². The molecule has 18 heavy (non-hydrogen) atoms. The Balaban J connectivity index is 2.06. The molecule has 2 aromatic rings. The van der Waals surface area contributed by atoms with Crippen LogP contribution in [0.1, 0.15) is 11.3 Å². The van der Waals surface area contributed by atoms with Crippen LogP contribution in [-0.2, 0) is 19.4 Å². The van der Waals surface area contributed by atoms with Crippen molar-refractivity contribution >= 4 is 11.8 Å². The molecule has 0 aliphatic rings. The number of aliphatic hydroxyl groups excluding tert-OH is 1. The molecule has 6 heteroatoms. The fourth-order valence-electron chi connectivity index (χ4n) is 1.48. The van der Waals surface area contributed by atoms with E-state index in [-0.39, 0.29) is 6.61 Å². The lowest BCUT2D eigenvalue weighted by atomic mass is 10.2. The third kappa shape index (κ3) is 2.70. The smallest absolute Gasteiger partial charge is 0.168 e. The van der Waals surface area contributed by atoms with Gasteiger partial charge in [0.1, 0.15) is 0 Å². The molecule has 1 aromatic carbocycles. The lowest BCUT2D eigenvalue weighted by Crippen LogP contribution is -1.97. The number of hydrogen-bond donors (Lipinski definition) is 1. The predicted octanol–water partition coefficient (Wildman–Crippen LogP) is 2.48. The first-order valence-electron chi connectivity index (χ1n) is 5.30. The number of nitrogens with zero attached hydrogens (tertiary/aromatic N) is 2. The van der Waals surface area contributed by atoms with Gasteiger partial charge in [-0.1, -0.05) is 17.8 Å². The molecule has 0 saturated heterocycles. The molecule has 0 saturated carbocycles. The Kier molecular flexibility index (Phi) is 3.98. The van der Waals surface area contributed by atoms with E-state index in [2.05, 4.69) is 4.98 Å². The van der Waals surface area contributed by atoms with Crippen LogP contribution in [0.5, 0.6) is 0 Å². The van der Waals surface area contributed by atoms with Crippen molar-refractivity contribution in [2.75, 3.05) is 0 Å². The zero-order chi connectivity index (χ0) is 13.1. The van der Waals surface area contributed by atoms with Crippen LogP contribution < -0.4 is 0 Å². The quantitative estimate of drug-likeness (QED) is 0.867. The van der Waals surface area contributed by atoms with Gasteiger partial charge in [-0.2, -0.15) is 0 Å². The van der Waals surface area contributed by atoms with Gasteiger partial charge in [-0.15, -0.1) is 0 Å². The zero-order valence-electron chi connectivity index (χ0n) is 9.73. The van der Waals surface area contributed by atoms with E-state index in [0.717, 1.165) is 11.2 Å². The highest BCUT2D eigenvalue weighted by Gasteiger charge is 2.08. The van der Waals surface area contributed by atoms with E-state index in [4.69, 9.17) is 5.11 Å². The Hall–Kier alpha value is -1.40. The summed E-state index contributed by atoms with van der Waals surface area (Å²) in [5, 5.41) is 9.75. The highest BCUT2D eigenvalue weighted by molar-refractivity contribution is 7.98. The van der Waals surface area contributed by atoms with Crippen molar-refractivity contribution in [3.8, 4) is 0 Å². The summed E-state index contributed by atoms with van der Waals surface area (Å²) in [6.07, 6.45) is 1.59. The summed E-state index contributed by atoms with van der Waals surface area (Å²) in [7, 11) is 1.80. The number of rotatable bonds is 4. The third-order valence-electron chi connectivity index (χ3n) is 2.56. The fourth-order valence-corrected chi connectivity index (χ4v) is 2.40. The normalized spacial score (nSPS) is 10.9. The van der Waals surface area contributed by atoms with E-state index in [0.29, 0.717) is 17.0 Å². The number of imidazole rings is 1. The first kappa shape index (κ1) is 13.0. The predicted molar refractivity (Wildman–Crippen MR) is 65.0 cm³/mol. The highest BCUT2D eigenvalue weighted by Crippen LogP contribution is 2.22. The lowest BCUT2D eigenvalue weighted by Gasteiger charge is -2.04. The lowest BCUT2D eigenvalue weighted by molar-refractivity contribution is 0.271. The molecule has 96 valence electrons. The summed E-state index contributed by atoms with van der Waals surface area (Å²) in [4.78, 5) is 4.14. The van der Waals surface area contributed by atoms with Crippen molar-refractivity contribution in [3.05, 3.63) is 47.3 Å². The Bertz CT molecular complexity index is 557. The largest absolute Gasteiger partial charge is 0.390 e. The summed E-state index contributed by atoms with van der Waals surface area (Å²) in [6.45, 7) is -0.0742. The van der Waals surface area contributed by atoms with E-state index < -0.39 is 11.6 Å². The monoisotopic (exact) mass is 270 g/mol. The Labute approximate surface area is 107 Å². The molecule has 0 bridgehead atoms. The van der Waals surface area contributed by atoms with Gasteiger partial charge in [-0.05, 0) is 17.7 Å². The minimum Gasteiger partial charge on any atom is -0.390 e. The van der Waals surface area contributed by atoms with Crippen LogP contribution in [0.4, 0.5) is 8.78 Å². The van der Waals surface area contributed by atoms with Gasteiger partial charge < -0.3 is 9.67 Å². The minimum atomic E-state index is -0.844. The number of halogens is 2. The Morgan fingerprint density at radius 3 is 2.72 bits per heavy atom. The maximum Gasteiger partial charge on any atom is 0.168 e. The molecule has 2 rings (SSSR count). The second kappa shape index (κ2) is 5.49. The van der Waals surface area contributed by atoms with Gasteiger partial charge >= 0.3 is 0 Å². The first-order chi connectivity index (χ1) is 8.61. The van der Waals surface area contributed by atoms with E-state index >= 15 is 0 Å². The van der Waals surface area contributed by atoms with Gasteiger partial charge in [0.15, 0.2) is 16.8 Å². The maximum atomic E-state index is 13.0. The van der Waals surface area contributed by atoms with Gasteiger partial charge in [-0.25, -0.2) is 13.8 Å². The van der Waals surface area contributed by atoms with E-state index in [1.165, 1.54) is 17.8 Å². The van der Waals surface area contributed by atoms with Crippen LogP contribution in [0, 0.1) is 11.6 Å². The average molecular weight is 270 g/mol. The summed E-state index contributed by atoms with van der Waals surface area (Å²) in [5.41, 5.74) is 1.40. The number of aromatic nitrogens is 2.